The number of nitrogens with one attached hydrogen (secondary N) is 1. The Bertz CT molecular complexity index is 581. The van der Waals surface area contributed by atoms with E-state index in [1.807, 2.05) is 30.3 Å². The number of amides is 1. The molecule has 0 bridgehead atoms. The number of aromatic nitrogens is 2. The Kier molecular flexibility index (Phi) is 4.87. The molecule has 0 aliphatic heterocycles. The van der Waals surface area contributed by atoms with Crippen molar-refractivity contribution in [1.29, 1.82) is 0 Å². The van der Waals surface area contributed by atoms with Crippen LogP contribution in [0.25, 0.3) is 0 Å². The fourth-order valence-corrected chi connectivity index (χ4v) is 1.79. The SMILES string of the molecule is CC(C)CNc1ccc(C(=O)N(C)c2ccccc2)nn1. The third kappa shape index (κ3) is 4.02. The Morgan fingerprint density at radius 3 is 2.43 bits per heavy atom. The fraction of sp³-hybridized carbons (Fsp3) is 0.312. The summed E-state index contributed by atoms with van der Waals surface area (Å²) in [5, 5.41) is 11.2. The molecular weight excluding hydrogens is 264 g/mol. The first-order valence-electron chi connectivity index (χ1n) is 6.98. The van der Waals surface area contributed by atoms with E-state index >= 15 is 0 Å². The van der Waals surface area contributed by atoms with E-state index in [0.29, 0.717) is 17.4 Å². The molecule has 0 unspecified atom stereocenters. The van der Waals surface area contributed by atoms with Gasteiger partial charge in [-0.2, -0.15) is 0 Å². The highest BCUT2D eigenvalue weighted by molar-refractivity contribution is 6.04. The van der Waals surface area contributed by atoms with Crippen LogP contribution in [0.4, 0.5) is 11.5 Å². The summed E-state index contributed by atoms with van der Waals surface area (Å²) in [6, 6.07) is 12.9. The average molecular weight is 284 g/mol. The quantitative estimate of drug-likeness (QED) is 0.917. The second-order valence-electron chi connectivity index (χ2n) is 5.28. The van der Waals surface area contributed by atoms with Crippen LogP contribution in [0.1, 0.15) is 24.3 Å². The van der Waals surface area contributed by atoms with Gasteiger partial charge >= 0.3 is 0 Å². The summed E-state index contributed by atoms with van der Waals surface area (Å²) in [5.41, 5.74) is 1.16. The van der Waals surface area contributed by atoms with Crippen molar-refractivity contribution < 1.29 is 4.79 Å². The zero-order valence-electron chi connectivity index (χ0n) is 12.6. The van der Waals surface area contributed by atoms with E-state index in [-0.39, 0.29) is 5.91 Å². The second kappa shape index (κ2) is 6.83. The second-order valence-corrected chi connectivity index (χ2v) is 5.28. The van der Waals surface area contributed by atoms with Gasteiger partial charge in [0.15, 0.2) is 5.69 Å². The van der Waals surface area contributed by atoms with Crippen LogP contribution < -0.4 is 10.2 Å². The number of hydrogen-bond acceptors (Lipinski definition) is 4. The highest BCUT2D eigenvalue weighted by Crippen LogP contribution is 2.14. The van der Waals surface area contributed by atoms with Crippen molar-refractivity contribution >= 4 is 17.4 Å². The molecule has 1 aromatic carbocycles. The molecule has 0 atom stereocenters. The molecule has 0 saturated carbocycles. The normalized spacial score (nSPS) is 10.5. The lowest BCUT2D eigenvalue weighted by molar-refractivity contribution is 0.0987. The Morgan fingerprint density at radius 2 is 1.86 bits per heavy atom. The van der Waals surface area contributed by atoms with Crippen molar-refractivity contribution in [3.05, 3.63) is 48.2 Å². The molecule has 0 aliphatic rings. The number of hydrogen-bond donors (Lipinski definition) is 1. The Labute approximate surface area is 125 Å². The number of carbonyl (C=O) groups is 1. The molecule has 2 aromatic rings. The highest BCUT2D eigenvalue weighted by atomic mass is 16.2. The molecule has 110 valence electrons. The predicted octanol–water partition coefficient (Wildman–Crippen LogP) is 2.82. The molecule has 5 heteroatoms. The minimum Gasteiger partial charge on any atom is -0.368 e. The number of benzene rings is 1. The molecule has 2 rings (SSSR count). The largest absolute Gasteiger partial charge is 0.368 e. The van der Waals surface area contributed by atoms with Gasteiger partial charge in [-0.3, -0.25) is 4.79 Å². The van der Waals surface area contributed by atoms with Crippen molar-refractivity contribution in [2.24, 2.45) is 5.92 Å². The van der Waals surface area contributed by atoms with Crippen LogP contribution in [0, 0.1) is 5.92 Å². The standard InChI is InChI=1S/C16H20N4O/c1-12(2)11-17-15-10-9-14(18-19-15)16(21)20(3)13-7-5-4-6-8-13/h4-10,12H,11H2,1-3H3,(H,17,19). The van der Waals surface area contributed by atoms with Gasteiger partial charge in [-0.05, 0) is 30.2 Å². The third-order valence-electron chi connectivity index (χ3n) is 3.02. The molecule has 1 N–H and O–H groups in total. The minimum absolute atomic E-state index is 0.177. The zero-order chi connectivity index (χ0) is 15.2. The molecule has 1 heterocycles. The molecule has 1 aromatic heterocycles. The van der Waals surface area contributed by atoms with E-state index in [0.717, 1.165) is 12.2 Å². The predicted molar refractivity (Wildman–Crippen MR) is 84.5 cm³/mol. The van der Waals surface area contributed by atoms with Gasteiger partial charge in [0.05, 0.1) is 0 Å². The molecule has 0 saturated heterocycles. The van der Waals surface area contributed by atoms with Gasteiger partial charge in [0, 0.05) is 19.3 Å². The van der Waals surface area contributed by atoms with Gasteiger partial charge in [-0.1, -0.05) is 32.0 Å². The van der Waals surface area contributed by atoms with Gasteiger partial charge in [-0.25, -0.2) is 0 Å². The summed E-state index contributed by atoms with van der Waals surface area (Å²) in [7, 11) is 1.73. The van der Waals surface area contributed by atoms with E-state index in [1.165, 1.54) is 0 Å². The van der Waals surface area contributed by atoms with Gasteiger partial charge in [0.2, 0.25) is 0 Å². The maximum absolute atomic E-state index is 12.3. The molecular formula is C16H20N4O. The monoisotopic (exact) mass is 284 g/mol. The van der Waals surface area contributed by atoms with Crippen molar-refractivity contribution in [3.8, 4) is 0 Å². The molecule has 0 aliphatic carbocycles. The highest BCUT2D eigenvalue weighted by Gasteiger charge is 2.15. The summed E-state index contributed by atoms with van der Waals surface area (Å²) >= 11 is 0. The summed E-state index contributed by atoms with van der Waals surface area (Å²) in [5.74, 6) is 1.03. The minimum atomic E-state index is -0.177. The van der Waals surface area contributed by atoms with Crippen molar-refractivity contribution in [2.45, 2.75) is 13.8 Å². The molecule has 0 spiro atoms. The van der Waals surface area contributed by atoms with Crippen molar-refractivity contribution in [1.82, 2.24) is 10.2 Å². The maximum Gasteiger partial charge on any atom is 0.278 e. The fourth-order valence-electron chi connectivity index (χ4n) is 1.79. The lowest BCUT2D eigenvalue weighted by Gasteiger charge is -2.16. The van der Waals surface area contributed by atoms with Crippen LogP contribution in [0.15, 0.2) is 42.5 Å². The van der Waals surface area contributed by atoms with Crippen LogP contribution in [0.5, 0.6) is 0 Å². The first-order chi connectivity index (χ1) is 10.1. The lowest BCUT2D eigenvalue weighted by Crippen LogP contribution is -2.27. The van der Waals surface area contributed by atoms with E-state index in [1.54, 1.807) is 24.1 Å². The number of carbonyl (C=O) groups excluding carboxylic acids is 1. The number of anilines is 2. The van der Waals surface area contributed by atoms with E-state index in [9.17, 15) is 4.79 Å². The number of rotatable bonds is 5. The summed E-state index contributed by atoms with van der Waals surface area (Å²) in [6.45, 7) is 5.06. The summed E-state index contributed by atoms with van der Waals surface area (Å²) in [4.78, 5) is 13.9. The maximum atomic E-state index is 12.3. The van der Waals surface area contributed by atoms with Gasteiger partial charge in [0.25, 0.3) is 5.91 Å². The smallest absolute Gasteiger partial charge is 0.278 e. The number of nitrogens with zero attached hydrogens (tertiary/aromatic N) is 3. The van der Waals surface area contributed by atoms with Crippen LogP contribution in [-0.4, -0.2) is 29.7 Å². The van der Waals surface area contributed by atoms with Gasteiger partial charge in [0.1, 0.15) is 5.82 Å². The van der Waals surface area contributed by atoms with E-state index in [4.69, 9.17) is 0 Å². The van der Waals surface area contributed by atoms with Crippen LogP contribution in [0.3, 0.4) is 0 Å². The van der Waals surface area contributed by atoms with E-state index < -0.39 is 0 Å². The Hall–Kier alpha value is -2.43. The molecule has 0 radical (unpaired) electrons. The van der Waals surface area contributed by atoms with E-state index in [2.05, 4.69) is 29.4 Å². The van der Waals surface area contributed by atoms with Crippen molar-refractivity contribution in [3.63, 3.8) is 0 Å². The Balaban J connectivity index is 2.06. The topological polar surface area (TPSA) is 58.1 Å². The molecule has 1 amide bonds. The van der Waals surface area contributed by atoms with Gasteiger partial charge in [-0.15, -0.1) is 10.2 Å². The summed E-state index contributed by atoms with van der Waals surface area (Å²) < 4.78 is 0. The Morgan fingerprint density at radius 1 is 1.14 bits per heavy atom. The molecule has 0 fully saturated rings. The van der Waals surface area contributed by atoms with Crippen LogP contribution >= 0.6 is 0 Å². The van der Waals surface area contributed by atoms with Crippen LogP contribution in [-0.2, 0) is 0 Å². The lowest BCUT2D eigenvalue weighted by atomic mass is 10.2. The average Bonchev–Trinajstić information content (AvgIpc) is 2.53. The zero-order valence-corrected chi connectivity index (χ0v) is 12.6. The number of para-hydroxylation sites is 1. The first-order valence-corrected chi connectivity index (χ1v) is 6.98. The summed E-state index contributed by atoms with van der Waals surface area (Å²) in [6.07, 6.45) is 0. The third-order valence-corrected chi connectivity index (χ3v) is 3.02. The van der Waals surface area contributed by atoms with Crippen molar-refractivity contribution in [2.75, 3.05) is 23.8 Å². The van der Waals surface area contributed by atoms with Gasteiger partial charge < -0.3 is 10.2 Å². The van der Waals surface area contributed by atoms with Crippen LogP contribution in [0.2, 0.25) is 0 Å². The molecule has 21 heavy (non-hydrogen) atoms. The first kappa shape index (κ1) is 15.0. The molecule has 5 nitrogen and oxygen atoms in total.